The van der Waals surface area contributed by atoms with E-state index in [0.29, 0.717) is 24.1 Å². The Morgan fingerprint density at radius 1 is 1.52 bits per heavy atom. The number of halogens is 2. The average Bonchev–Trinajstić information content (AvgIpc) is 3.10. The van der Waals surface area contributed by atoms with E-state index in [1.54, 1.807) is 10.6 Å². The third-order valence-electron chi connectivity index (χ3n) is 4.47. The smallest absolute Gasteiger partial charge is 0.139 e. The molecule has 1 aliphatic carbocycles. The zero-order valence-corrected chi connectivity index (χ0v) is 13.5. The van der Waals surface area contributed by atoms with Crippen molar-refractivity contribution >= 4 is 11.6 Å². The number of hydrogen-bond donors (Lipinski definition) is 1. The number of alkyl halides is 1. The van der Waals surface area contributed by atoms with Gasteiger partial charge in [-0.2, -0.15) is 5.26 Å². The lowest BCUT2D eigenvalue weighted by Crippen LogP contribution is -2.47. The van der Waals surface area contributed by atoms with E-state index in [0.717, 1.165) is 5.56 Å². The Hall–Kier alpha value is -1.90. The number of nitrogens with zero attached hydrogens (tertiary/aromatic N) is 3. The molecular weight excluding hydrogens is 317 g/mol. The molecule has 4 nitrogen and oxygen atoms in total. The standard InChI is InChI=1S/C17H17ClFN3O/c1-12-2-3-13(15(19)6-12)7-17(23,16(18)4-5-16)10-22-11-21-9-14(22)8-20/h2-3,6,9,11,23H,4-5,7,10H2,1H3. The Bertz CT molecular complexity index is 778. The molecule has 1 aromatic carbocycles. The topological polar surface area (TPSA) is 61.8 Å². The minimum Gasteiger partial charge on any atom is -0.386 e. The fourth-order valence-electron chi connectivity index (χ4n) is 2.86. The SMILES string of the molecule is Cc1ccc(CC(O)(Cn2cncc2C#N)C2(Cl)CC2)c(F)c1. The van der Waals surface area contributed by atoms with Gasteiger partial charge in [-0.1, -0.05) is 12.1 Å². The minimum absolute atomic E-state index is 0.0890. The molecule has 23 heavy (non-hydrogen) atoms. The number of imidazole rings is 1. The molecule has 0 bridgehead atoms. The van der Waals surface area contributed by atoms with Gasteiger partial charge in [0.2, 0.25) is 0 Å². The molecule has 1 aliphatic rings. The molecule has 120 valence electrons. The zero-order valence-electron chi connectivity index (χ0n) is 12.8. The van der Waals surface area contributed by atoms with Crippen LogP contribution in [-0.2, 0) is 13.0 Å². The van der Waals surface area contributed by atoms with Crippen LogP contribution in [0.5, 0.6) is 0 Å². The van der Waals surface area contributed by atoms with Crippen LogP contribution in [0.3, 0.4) is 0 Å². The lowest BCUT2D eigenvalue weighted by Gasteiger charge is -2.34. The van der Waals surface area contributed by atoms with Crippen molar-refractivity contribution in [2.24, 2.45) is 0 Å². The number of aliphatic hydroxyl groups is 1. The molecular formula is C17H17ClFN3O. The summed E-state index contributed by atoms with van der Waals surface area (Å²) in [4.78, 5) is 3.14. The van der Waals surface area contributed by atoms with Gasteiger partial charge in [-0.3, -0.25) is 0 Å². The van der Waals surface area contributed by atoms with Crippen LogP contribution in [0.1, 0.15) is 29.7 Å². The predicted octanol–water partition coefficient (Wildman–Crippen LogP) is 2.95. The minimum atomic E-state index is -1.35. The first-order valence-corrected chi connectivity index (χ1v) is 7.81. The Kier molecular flexibility index (Phi) is 3.91. The summed E-state index contributed by atoms with van der Waals surface area (Å²) in [6, 6.07) is 6.96. The molecule has 1 saturated carbocycles. The molecule has 1 fully saturated rings. The van der Waals surface area contributed by atoms with E-state index in [-0.39, 0.29) is 18.8 Å². The lowest BCUT2D eigenvalue weighted by atomic mass is 9.88. The molecule has 3 rings (SSSR count). The van der Waals surface area contributed by atoms with Crippen molar-refractivity contribution in [3.63, 3.8) is 0 Å². The Labute approximate surface area is 139 Å². The van der Waals surface area contributed by atoms with Gasteiger partial charge in [0.15, 0.2) is 0 Å². The summed E-state index contributed by atoms with van der Waals surface area (Å²) < 4.78 is 15.8. The first-order valence-electron chi connectivity index (χ1n) is 7.43. The number of benzene rings is 1. The third-order valence-corrected chi connectivity index (χ3v) is 5.20. The van der Waals surface area contributed by atoms with E-state index >= 15 is 0 Å². The summed E-state index contributed by atoms with van der Waals surface area (Å²) >= 11 is 6.51. The predicted molar refractivity (Wildman–Crippen MR) is 84.6 cm³/mol. The Morgan fingerprint density at radius 2 is 2.26 bits per heavy atom. The van der Waals surface area contributed by atoms with Crippen LogP contribution in [0.4, 0.5) is 4.39 Å². The van der Waals surface area contributed by atoms with Gasteiger partial charge in [-0.25, -0.2) is 9.37 Å². The first-order chi connectivity index (χ1) is 10.9. The van der Waals surface area contributed by atoms with E-state index in [4.69, 9.17) is 16.9 Å². The van der Waals surface area contributed by atoms with Crippen molar-refractivity contribution in [1.29, 1.82) is 5.26 Å². The van der Waals surface area contributed by atoms with Crippen molar-refractivity contribution in [2.45, 2.75) is 43.2 Å². The maximum absolute atomic E-state index is 14.2. The largest absolute Gasteiger partial charge is 0.386 e. The van der Waals surface area contributed by atoms with Crippen LogP contribution < -0.4 is 0 Å². The zero-order chi connectivity index (χ0) is 16.7. The fraction of sp³-hybridized carbons (Fsp3) is 0.412. The molecule has 1 atom stereocenters. The van der Waals surface area contributed by atoms with Crippen molar-refractivity contribution in [3.8, 4) is 6.07 Å². The first kappa shape index (κ1) is 16.0. The van der Waals surface area contributed by atoms with Crippen molar-refractivity contribution in [2.75, 3.05) is 0 Å². The highest BCUT2D eigenvalue weighted by Gasteiger charge is 2.58. The quantitative estimate of drug-likeness (QED) is 0.856. The summed E-state index contributed by atoms with van der Waals surface area (Å²) in [5.41, 5.74) is 0.234. The average molecular weight is 334 g/mol. The van der Waals surface area contributed by atoms with Crippen LogP contribution >= 0.6 is 11.6 Å². The van der Waals surface area contributed by atoms with Crippen molar-refractivity contribution < 1.29 is 9.50 Å². The van der Waals surface area contributed by atoms with Crippen LogP contribution in [0.25, 0.3) is 0 Å². The molecule has 0 amide bonds. The monoisotopic (exact) mass is 333 g/mol. The Balaban J connectivity index is 1.93. The highest BCUT2D eigenvalue weighted by Crippen LogP contribution is 2.53. The molecule has 1 heterocycles. The van der Waals surface area contributed by atoms with Gasteiger partial charge >= 0.3 is 0 Å². The van der Waals surface area contributed by atoms with Gasteiger partial charge in [0.25, 0.3) is 0 Å². The molecule has 0 saturated heterocycles. The second-order valence-corrected chi connectivity index (χ2v) is 7.01. The van der Waals surface area contributed by atoms with Crippen LogP contribution in [0.2, 0.25) is 0 Å². The molecule has 0 spiro atoms. The summed E-state index contributed by atoms with van der Waals surface area (Å²) in [7, 11) is 0. The van der Waals surface area contributed by atoms with Crippen molar-refractivity contribution in [3.05, 3.63) is 53.4 Å². The van der Waals surface area contributed by atoms with Crippen LogP contribution in [-0.4, -0.2) is 25.1 Å². The van der Waals surface area contributed by atoms with Crippen LogP contribution in [0.15, 0.2) is 30.7 Å². The summed E-state index contributed by atoms with van der Waals surface area (Å²) in [6.07, 6.45) is 4.33. The highest BCUT2D eigenvalue weighted by molar-refractivity contribution is 6.26. The van der Waals surface area contributed by atoms with Gasteiger partial charge < -0.3 is 9.67 Å². The Morgan fingerprint density at radius 3 is 2.87 bits per heavy atom. The molecule has 1 unspecified atom stereocenters. The lowest BCUT2D eigenvalue weighted by molar-refractivity contribution is 0.00994. The molecule has 0 aliphatic heterocycles. The number of aromatic nitrogens is 2. The molecule has 2 aromatic rings. The maximum atomic E-state index is 14.2. The summed E-state index contributed by atoms with van der Waals surface area (Å²) in [6.45, 7) is 1.92. The highest BCUT2D eigenvalue weighted by atomic mass is 35.5. The van der Waals surface area contributed by atoms with E-state index in [1.807, 2.05) is 19.1 Å². The maximum Gasteiger partial charge on any atom is 0.139 e. The second-order valence-electron chi connectivity index (χ2n) is 6.29. The van der Waals surface area contributed by atoms with E-state index in [2.05, 4.69) is 4.98 Å². The summed E-state index contributed by atoms with van der Waals surface area (Å²) in [5.74, 6) is -0.351. The number of rotatable bonds is 5. The second kappa shape index (κ2) is 5.63. The van der Waals surface area contributed by atoms with Gasteiger partial charge in [0.05, 0.1) is 23.9 Å². The number of hydrogen-bond acceptors (Lipinski definition) is 3. The van der Waals surface area contributed by atoms with Gasteiger partial charge in [-0.05, 0) is 37.0 Å². The van der Waals surface area contributed by atoms with E-state index in [9.17, 15) is 9.50 Å². The van der Waals surface area contributed by atoms with Gasteiger partial charge in [-0.15, -0.1) is 11.6 Å². The third kappa shape index (κ3) is 2.97. The summed E-state index contributed by atoms with van der Waals surface area (Å²) in [5, 5.41) is 20.3. The number of aryl methyl sites for hydroxylation is 1. The van der Waals surface area contributed by atoms with E-state index in [1.165, 1.54) is 18.6 Å². The molecule has 0 radical (unpaired) electrons. The fourth-order valence-corrected chi connectivity index (χ4v) is 3.08. The number of nitriles is 1. The molecule has 1 aromatic heterocycles. The van der Waals surface area contributed by atoms with Gasteiger partial charge in [0.1, 0.15) is 23.2 Å². The van der Waals surface area contributed by atoms with Crippen LogP contribution in [0, 0.1) is 24.1 Å². The van der Waals surface area contributed by atoms with Crippen molar-refractivity contribution in [1.82, 2.24) is 9.55 Å². The van der Waals surface area contributed by atoms with E-state index < -0.39 is 10.5 Å². The normalized spacial score (nSPS) is 18.2. The molecule has 6 heteroatoms. The molecule has 1 N–H and O–H groups in total. The van der Waals surface area contributed by atoms with Gasteiger partial charge in [0, 0.05) is 6.42 Å².